The average Bonchev–Trinajstić information content (AvgIpc) is 3.13. The third-order valence-corrected chi connectivity index (χ3v) is 6.10. The van der Waals surface area contributed by atoms with Gasteiger partial charge in [0.05, 0.1) is 7.11 Å². The summed E-state index contributed by atoms with van der Waals surface area (Å²) in [6.45, 7) is 7.37. The van der Waals surface area contributed by atoms with Crippen molar-refractivity contribution in [1.82, 2.24) is 9.47 Å². The lowest BCUT2D eigenvalue weighted by Gasteiger charge is -2.32. The summed E-state index contributed by atoms with van der Waals surface area (Å²) in [7, 11) is 1.54. The molecule has 30 heavy (non-hydrogen) atoms. The van der Waals surface area contributed by atoms with E-state index in [4.69, 9.17) is 4.74 Å². The molecule has 0 aliphatic carbocycles. The van der Waals surface area contributed by atoms with Gasteiger partial charge in [0.25, 0.3) is 0 Å². The first-order valence-electron chi connectivity index (χ1n) is 10.4. The van der Waals surface area contributed by atoms with Crippen LogP contribution in [0.15, 0.2) is 61.3 Å². The molecule has 4 rings (SSSR count). The molecule has 0 saturated carbocycles. The maximum Gasteiger partial charge on any atom is 0.339 e. The summed E-state index contributed by atoms with van der Waals surface area (Å²) in [5.41, 5.74) is 3.85. The van der Waals surface area contributed by atoms with E-state index in [0.717, 1.165) is 38.0 Å². The fourth-order valence-electron chi connectivity index (χ4n) is 4.65. The van der Waals surface area contributed by atoms with Crippen LogP contribution in [0.2, 0.25) is 0 Å². The van der Waals surface area contributed by atoms with Crippen LogP contribution in [0, 0.1) is 0 Å². The molecule has 1 aliphatic rings. The first-order valence-corrected chi connectivity index (χ1v) is 10.4. The number of carboxylic acid groups (broad SMARTS) is 1. The third kappa shape index (κ3) is 3.85. The van der Waals surface area contributed by atoms with Gasteiger partial charge < -0.3 is 14.4 Å². The summed E-state index contributed by atoms with van der Waals surface area (Å²) >= 11 is 0. The van der Waals surface area contributed by atoms with Crippen molar-refractivity contribution in [3.05, 3.63) is 78.0 Å². The third-order valence-electron chi connectivity index (χ3n) is 6.10. The van der Waals surface area contributed by atoms with E-state index in [1.807, 2.05) is 12.1 Å². The number of rotatable bonds is 7. The predicted molar refractivity (Wildman–Crippen MR) is 119 cm³/mol. The maximum atomic E-state index is 11.5. The Hall–Kier alpha value is -3.05. The van der Waals surface area contributed by atoms with Gasteiger partial charge in [0, 0.05) is 35.8 Å². The van der Waals surface area contributed by atoms with Gasteiger partial charge in [-0.05, 0) is 49.5 Å². The molecule has 0 spiro atoms. The monoisotopic (exact) mass is 404 g/mol. The van der Waals surface area contributed by atoms with E-state index < -0.39 is 5.97 Å². The van der Waals surface area contributed by atoms with Gasteiger partial charge in [-0.3, -0.25) is 4.90 Å². The number of fused-ring (bicyclic) bond motifs is 1. The zero-order chi connectivity index (χ0) is 21.1. The number of allylic oxidation sites excluding steroid dienone is 1. The zero-order valence-electron chi connectivity index (χ0n) is 17.4. The molecular formula is C25H28N2O3. The molecule has 1 fully saturated rings. The second-order valence-electron chi connectivity index (χ2n) is 7.90. The fraction of sp³-hybridized carbons (Fsp3) is 0.320. The molecule has 5 nitrogen and oxygen atoms in total. The number of aromatic carboxylic acids is 1. The molecule has 156 valence electrons. The Morgan fingerprint density at radius 1 is 1.20 bits per heavy atom. The highest BCUT2D eigenvalue weighted by atomic mass is 16.5. The highest BCUT2D eigenvalue weighted by Crippen LogP contribution is 2.35. The van der Waals surface area contributed by atoms with E-state index >= 15 is 0 Å². The summed E-state index contributed by atoms with van der Waals surface area (Å²) < 4.78 is 7.71. The second-order valence-corrected chi connectivity index (χ2v) is 7.90. The van der Waals surface area contributed by atoms with Crippen LogP contribution in [0.4, 0.5) is 0 Å². The van der Waals surface area contributed by atoms with E-state index in [2.05, 4.69) is 46.5 Å². The second kappa shape index (κ2) is 8.76. The molecule has 3 aromatic rings. The molecule has 2 heterocycles. The lowest BCUT2D eigenvalue weighted by Crippen LogP contribution is -2.32. The minimum Gasteiger partial charge on any atom is -0.496 e. The van der Waals surface area contributed by atoms with Gasteiger partial charge in [-0.2, -0.15) is 0 Å². The van der Waals surface area contributed by atoms with Crippen LogP contribution in [-0.2, 0) is 13.1 Å². The van der Waals surface area contributed by atoms with Crippen molar-refractivity contribution in [2.24, 2.45) is 0 Å². The number of piperidine rings is 1. The average molecular weight is 405 g/mol. The van der Waals surface area contributed by atoms with Crippen molar-refractivity contribution in [3.63, 3.8) is 0 Å². The van der Waals surface area contributed by atoms with E-state index in [1.54, 1.807) is 12.1 Å². The topological polar surface area (TPSA) is 54.7 Å². The molecule has 1 saturated heterocycles. The van der Waals surface area contributed by atoms with Gasteiger partial charge in [0.2, 0.25) is 0 Å². The highest BCUT2D eigenvalue weighted by Gasteiger charge is 2.25. The van der Waals surface area contributed by atoms with E-state index in [-0.39, 0.29) is 5.56 Å². The Balaban J connectivity index is 1.49. The van der Waals surface area contributed by atoms with Crippen LogP contribution >= 0.6 is 0 Å². The summed E-state index contributed by atoms with van der Waals surface area (Å²) in [5.74, 6) is 0.0485. The number of nitrogens with zero attached hydrogens (tertiary/aromatic N) is 2. The quantitative estimate of drug-likeness (QED) is 0.568. The number of hydrogen-bond acceptors (Lipinski definition) is 3. The molecule has 0 amide bonds. The summed E-state index contributed by atoms with van der Waals surface area (Å²) in [5, 5.41) is 10.8. The molecule has 5 heteroatoms. The van der Waals surface area contributed by atoms with Crippen molar-refractivity contribution < 1.29 is 14.6 Å². The molecule has 0 radical (unpaired) electrons. The maximum absolute atomic E-state index is 11.5. The van der Waals surface area contributed by atoms with Crippen LogP contribution in [0.1, 0.15) is 40.2 Å². The van der Waals surface area contributed by atoms with Gasteiger partial charge >= 0.3 is 5.97 Å². The molecule has 1 aliphatic heterocycles. The van der Waals surface area contributed by atoms with E-state index in [9.17, 15) is 9.90 Å². The van der Waals surface area contributed by atoms with Gasteiger partial charge in [-0.15, -0.1) is 6.58 Å². The number of ether oxygens (including phenoxy) is 1. The van der Waals surface area contributed by atoms with Crippen LogP contribution in [0.5, 0.6) is 5.75 Å². The highest BCUT2D eigenvalue weighted by molar-refractivity contribution is 5.91. The smallest absolute Gasteiger partial charge is 0.339 e. The zero-order valence-corrected chi connectivity index (χ0v) is 17.4. The summed E-state index contributed by atoms with van der Waals surface area (Å²) in [4.78, 5) is 13.9. The number of aromatic nitrogens is 1. The number of methoxy groups -OCH3 is 1. The van der Waals surface area contributed by atoms with Gasteiger partial charge in [0.15, 0.2) is 0 Å². The lowest BCUT2D eigenvalue weighted by molar-refractivity contribution is 0.0693. The standard InChI is InChI=1S/C25H28N2O3/c1-3-13-27-17-22(20-8-4-5-10-23(20)27)18-11-14-26(15-12-18)16-19-7-6-9-21(25(28)29)24(19)30-2/h3-10,17-18H,1,11-16H2,2H3,(H,28,29). The van der Waals surface area contributed by atoms with Crippen LogP contribution in [-0.4, -0.2) is 40.7 Å². The first-order chi connectivity index (χ1) is 14.6. The van der Waals surface area contributed by atoms with Crippen molar-refractivity contribution >= 4 is 16.9 Å². The van der Waals surface area contributed by atoms with Crippen molar-refractivity contribution in [3.8, 4) is 5.75 Å². The summed E-state index contributed by atoms with van der Waals surface area (Å²) in [6.07, 6.45) is 6.41. The van der Waals surface area contributed by atoms with Crippen molar-refractivity contribution in [2.45, 2.75) is 31.8 Å². The van der Waals surface area contributed by atoms with Crippen LogP contribution in [0.3, 0.4) is 0 Å². The van der Waals surface area contributed by atoms with E-state index in [1.165, 1.54) is 23.6 Å². The number of hydrogen-bond donors (Lipinski definition) is 1. The van der Waals surface area contributed by atoms with Crippen LogP contribution in [0.25, 0.3) is 10.9 Å². The number of carboxylic acids is 1. The predicted octanol–water partition coefficient (Wildman–Crippen LogP) is 4.91. The SMILES string of the molecule is C=CCn1cc(C2CCN(Cc3cccc(C(=O)O)c3OC)CC2)c2ccccc21. The minimum absolute atomic E-state index is 0.222. The molecule has 0 atom stereocenters. The number of benzene rings is 2. The largest absolute Gasteiger partial charge is 0.496 e. The normalized spacial score (nSPS) is 15.4. The van der Waals surface area contributed by atoms with Crippen molar-refractivity contribution in [2.75, 3.05) is 20.2 Å². The Morgan fingerprint density at radius 3 is 2.67 bits per heavy atom. The molecule has 1 aromatic heterocycles. The van der Waals surface area contributed by atoms with E-state index in [0.29, 0.717) is 18.2 Å². The van der Waals surface area contributed by atoms with Crippen molar-refractivity contribution in [1.29, 1.82) is 0 Å². The van der Waals surface area contributed by atoms with Crippen LogP contribution < -0.4 is 4.74 Å². The lowest BCUT2D eigenvalue weighted by atomic mass is 9.89. The number of para-hydroxylation sites is 2. The Labute approximate surface area is 177 Å². The number of carbonyl (C=O) groups is 1. The first kappa shape index (κ1) is 20.2. The molecule has 0 unspecified atom stereocenters. The van der Waals surface area contributed by atoms with Gasteiger partial charge in [0.1, 0.15) is 11.3 Å². The number of likely N-dealkylation sites (tertiary alicyclic amines) is 1. The molecule has 0 bridgehead atoms. The summed E-state index contributed by atoms with van der Waals surface area (Å²) in [6, 6.07) is 13.9. The Morgan fingerprint density at radius 2 is 1.97 bits per heavy atom. The Kier molecular flexibility index (Phi) is 5.91. The Bertz CT molecular complexity index is 1060. The minimum atomic E-state index is -0.955. The fourth-order valence-corrected chi connectivity index (χ4v) is 4.65. The van der Waals surface area contributed by atoms with Gasteiger partial charge in [-0.1, -0.05) is 36.4 Å². The molecular weight excluding hydrogens is 376 g/mol. The van der Waals surface area contributed by atoms with Gasteiger partial charge in [-0.25, -0.2) is 4.79 Å². The molecule has 1 N–H and O–H groups in total. The molecule has 2 aromatic carbocycles.